The second-order valence-corrected chi connectivity index (χ2v) is 3.22. The van der Waals surface area contributed by atoms with Gasteiger partial charge in [0.1, 0.15) is 5.17 Å². The summed E-state index contributed by atoms with van der Waals surface area (Å²) in [6.07, 6.45) is 0.699. The monoisotopic (exact) mass is 181 g/mol. The van der Waals surface area contributed by atoms with Crippen molar-refractivity contribution in [1.29, 1.82) is 0 Å². The maximum absolute atomic E-state index is 8.86. The van der Waals surface area contributed by atoms with E-state index in [9.17, 15) is 0 Å². The van der Waals surface area contributed by atoms with Gasteiger partial charge in [-0.25, -0.2) is 4.99 Å². The number of aliphatic imine (C=N–C) groups is 1. The van der Waals surface area contributed by atoms with Crippen LogP contribution in [0, 0.1) is 0 Å². The highest BCUT2D eigenvalue weighted by Crippen LogP contribution is 2.28. The number of fused-ring (bicyclic) bond motifs is 1. The van der Waals surface area contributed by atoms with E-state index < -0.39 is 0 Å². The van der Waals surface area contributed by atoms with Crippen LogP contribution in [0.25, 0.3) is 0 Å². The van der Waals surface area contributed by atoms with Crippen molar-refractivity contribution in [1.82, 2.24) is 0 Å². The number of hydrogen-bond donors (Lipinski definition) is 1. The van der Waals surface area contributed by atoms with E-state index in [1.54, 1.807) is 0 Å². The Labute approximate surface area is 75.5 Å². The number of nitrogens with zero attached hydrogens (tertiary/aromatic N) is 1. The zero-order chi connectivity index (χ0) is 8.55. The first kappa shape index (κ1) is 7.77. The molecule has 12 heavy (non-hydrogen) atoms. The fourth-order valence-corrected chi connectivity index (χ4v) is 1.55. The Bertz CT molecular complexity index is 346. The van der Waals surface area contributed by atoms with E-state index in [1.165, 1.54) is 0 Å². The summed E-state index contributed by atoms with van der Waals surface area (Å²) in [6.45, 7) is 0.0743. The van der Waals surface area contributed by atoms with Gasteiger partial charge in [-0.05, 0) is 17.2 Å². The van der Waals surface area contributed by atoms with E-state index in [0.29, 0.717) is 11.6 Å². The van der Waals surface area contributed by atoms with Crippen molar-refractivity contribution in [3.8, 4) is 0 Å². The van der Waals surface area contributed by atoms with Crippen molar-refractivity contribution in [3.63, 3.8) is 0 Å². The topological polar surface area (TPSA) is 32.6 Å². The Hall–Kier alpha value is -0.860. The molecule has 0 bridgehead atoms. The second kappa shape index (κ2) is 2.88. The number of halogens is 1. The molecule has 0 aromatic heterocycles. The van der Waals surface area contributed by atoms with Crippen LogP contribution in [-0.4, -0.2) is 10.3 Å². The van der Waals surface area contributed by atoms with Crippen LogP contribution < -0.4 is 0 Å². The molecule has 1 aliphatic rings. The molecule has 0 amide bonds. The van der Waals surface area contributed by atoms with Gasteiger partial charge >= 0.3 is 0 Å². The predicted octanol–water partition coefficient (Wildman–Crippen LogP) is 2.00. The van der Waals surface area contributed by atoms with Crippen molar-refractivity contribution >= 4 is 22.5 Å². The first-order valence-corrected chi connectivity index (χ1v) is 4.13. The molecule has 62 valence electrons. The Morgan fingerprint density at radius 3 is 3.08 bits per heavy atom. The smallest absolute Gasteiger partial charge is 0.111 e. The third-order valence-electron chi connectivity index (χ3n) is 1.90. The highest BCUT2D eigenvalue weighted by Gasteiger charge is 2.12. The van der Waals surface area contributed by atoms with Gasteiger partial charge in [0.25, 0.3) is 0 Å². The lowest BCUT2D eigenvalue weighted by Crippen LogP contribution is -1.88. The van der Waals surface area contributed by atoms with E-state index in [1.807, 2.05) is 18.2 Å². The van der Waals surface area contributed by atoms with Crippen LogP contribution in [-0.2, 0) is 13.0 Å². The molecule has 0 unspecified atom stereocenters. The van der Waals surface area contributed by atoms with Crippen LogP contribution in [0.4, 0.5) is 5.69 Å². The van der Waals surface area contributed by atoms with Gasteiger partial charge in [0, 0.05) is 6.42 Å². The summed E-state index contributed by atoms with van der Waals surface area (Å²) in [5.41, 5.74) is 2.94. The Kier molecular flexibility index (Phi) is 1.87. The molecule has 0 saturated heterocycles. The van der Waals surface area contributed by atoms with Crippen molar-refractivity contribution in [2.75, 3.05) is 0 Å². The van der Waals surface area contributed by atoms with E-state index >= 15 is 0 Å². The lowest BCUT2D eigenvalue weighted by Gasteiger charge is -1.99. The quantitative estimate of drug-likeness (QED) is 0.706. The lowest BCUT2D eigenvalue weighted by atomic mass is 10.1. The van der Waals surface area contributed by atoms with Crippen LogP contribution in [0.5, 0.6) is 0 Å². The average molecular weight is 182 g/mol. The van der Waals surface area contributed by atoms with Gasteiger partial charge in [0.15, 0.2) is 0 Å². The van der Waals surface area contributed by atoms with Crippen molar-refractivity contribution in [2.24, 2.45) is 4.99 Å². The van der Waals surface area contributed by atoms with E-state index in [0.717, 1.165) is 16.8 Å². The van der Waals surface area contributed by atoms with Gasteiger partial charge in [0.2, 0.25) is 0 Å². The minimum Gasteiger partial charge on any atom is -0.392 e. The third-order valence-corrected chi connectivity index (χ3v) is 2.12. The van der Waals surface area contributed by atoms with E-state index in [2.05, 4.69) is 4.99 Å². The minimum absolute atomic E-state index is 0.0743. The van der Waals surface area contributed by atoms with Crippen LogP contribution in [0.1, 0.15) is 11.1 Å². The molecule has 1 N–H and O–H groups in total. The standard InChI is InChI=1S/C9H8ClNO/c10-9-4-7-3-6(5-12)1-2-8(7)11-9/h1-3,12H,4-5H2. The molecule has 3 heteroatoms. The molecule has 1 aliphatic heterocycles. The molecule has 1 heterocycles. The highest BCUT2D eigenvalue weighted by atomic mass is 35.5. The molecule has 0 radical (unpaired) electrons. The molecular weight excluding hydrogens is 174 g/mol. The van der Waals surface area contributed by atoms with E-state index in [-0.39, 0.29) is 6.61 Å². The van der Waals surface area contributed by atoms with Gasteiger partial charge in [-0.3, -0.25) is 0 Å². The first-order chi connectivity index (χ1) is 5.79. The predicted molar refractivity (Wildman–Crippen MR) is 49.0 cm³/mol. The van der Waals surface area contributed by atoms with Crippen molar-refractivity contribution in [3.05, 3.63) is 29.3 Å². The number of aliphatic hydroxyl groups is 1. The summed E-state index contributed by atoms with van der Waals surface area (Å²) < 4.78 is 0. The van der Waals surface area contributed by atoms with Crippen LogP contribution >= 0.6 is 11.6 Å². The fourth-order valence-electron chi connectivity index (χ4n) is 1.32. The zero-order valence-corrected chi connectivity index (χ0v) is 7.17. The number of aliphatic hydroxyl groups excluding tert-OH is 1. The molecule has 2 rings (SSSR count). The molecular formula is C9H8ClNO. The van der Waals surface area contributed by atoms with Crippen molar-refractivity contribution < 1.29 is 5.11 Å². The number of hydrogen-bond acceptors (Lipinski definition) is 2. The van der Waals surface area contributed by atoms with Gasteiger partial charge in [-0.2, -0.15) is 0 Å². The summed E-state index contributed by atoms with van der Waals surface area (Å²) in [7, 11) is 0. The molecule has 0 aliphatic carbocycles. The summed E-state index contributed by atoms with van der Waals surface area (Å²) >= 11 is 5.76. The van der Waals surface area contributed by atoms with Crippen LogP contribution in [0.2, 0.25) is 0 Å². The molecule has 0 atom stereocenters. The largest absolute Gasteiger partial charge is 0.392 e. The van der Waals surface area contributed by atoms with Gasteiger partial charge in [-0.15, -0.1) is 0 Å². The molecule has 1 aromatic carbocycles. The van der Waals surface area contributed by atoms with Crippen LogP contribution in [0.15, 0.2) is 23.2 Å². The molecule has 2 nitrogen and oxygen atoms in total. The molecule has 0 saturated carbocycles. The normalized spacial score (nSPS) is 14.3. The number of rotatable bonds is 1. The van der Waals surface area contributed by atoms with Crippen molar-refractivity contribution in [2.45, 2.75) is 13.0 Å². The summed E-state index contributed by atoms with van der Waals surface area (Å²) in [5, 5.41) is 9.49. The van der Waals surface area contributed by atoms with Gasteiger partial charge in [0.05, 0.1) is 12.3 Å². The van der Waals surface area contributed by atoms with Crippen LogP contribution in [0.3, 0.4) is 0 Å². The summed E-state index contributed by atoms with van der Waals surface area (Å²) in [5.74, 6) is 0. The van der Waals surface area contributed by atoms with Gasteiger partial charge in [-0.1, -0.05) is 23.7 Å². The summed E-state index contributed by atoms with van der Waals surface area (Å²) in [4.78, 5) is 4.13. The SMILES string of the molecule is OCc1ccc2c(c1)CC(Cl)=N2. The second-order valence-electron chi connectivity index (χ2n) is 2.79. The maximum Gasteiger partial charge on any atom is 0.111 e. The zero-order valence-electron chi connectivity index (χ0n) is 6.42. The first-order valence-electron chi connectivity index (χ1n) is 3.75. The molecule has 0 fully saturated rings. The fraction of sp³-hybridized carbons (Fsp3) is 0.222. The third kappa shape index (κ3) is 1.24. The average Bonchev–Trinajstić information content (AvgIpc) is 2.43. The minimum atomic E-state index is 0.0743. The van der Waals surface area contributed by atoms with Gasteiger partial charge < -0.3 is 5.11 Å². The Morgan fingerprint density at radius 1 is 1.50 bits per heavy atom. The molecule has 1 aromatic rings. The number of benzene rings is 1. The summed E-state index contributed by atoms with van der Waals surface area (Å²) in [6, 6.07) is 5.68. The van der Waals surface area contributed by atoms with E-state index in [4.69, 9.17) is 16.7 Å². The Morgan fingerprint density at radius 2 is 2.33 bits per heavy atom. The Balaban J connectivity index is 2.42. The molecule has 0 spiro atoms. The maximum atomic E-state index is 8.86. The highest BCUT2D eigenvalue weighted by molar-refractivity contribution is 6.66. The lowest BCUT2D eigenvalue weighted by molar-refractivity contribution is 0.282.